The van der Waals surface area contributed by atoms with E-state index >= 15 is 0 Å². The molecule has 0 aliphatic carbocycles. The largest absolute Gasteiger partial charge is 0.455 e. The standard InChI is InChI=1S/C58H38N2O/c1-2-14-40(15-3-1)47-19-6-9-25-54(47)59(45-35-30-42(31-36-45)49-23-13-24-52-53-37-32-41-16-4-5-20-48(41)58(53)61-57(49)52)44-33-28-39(29-34-44)43-17-12-18-46(38-43)60-55-26-10-7-21-50(55)51-22-8-11-27-56(51)60/h1-38H/i4D,5D,13D,16D,20D,23D,24D,30D,31D,32D,35D,36D,37D. The molecule has 0 saturated carbocycles. The van der Waals surface area contributed by atoms with E-state index in [1.54, 1.807) is 4.90 Å². The van der Waals surface area contributed by atoms with E-state index in [9.17, 15) is 6.85 Å². The summed E-state index contributed by atoms with van der Waals surface area (Å²) in [6, 6.07) is 41.8. The Bertz CT molecular complexity index is 4280. The van der Waals surface area contributed by atoms with Crippen LogP contribution >= 0.6 is 0 Å². The highest BCUT2D eigenvalue weighted by Crippen LogP contribution is 2.44. The average molecular weight is 792 g/mol. The molecule has 3 nitrogen and oxygen atoms in total. The van der Waals surface area contributed by atoms with Crippen LogP contribution in [0.3, 0.4) is 0 Å². The predicted molar refractivity (Wildman–Crippen MR) is 257 cm³/mol. The number of aromatic nitrogens is 1. The van der Waals surface area contributed by atoms with Crippen molar-refractivity contribution < 1.29 is 22.2 Å². The van der Waals surface area contributed by atoms with Gasteiger partial charge in [0.15, 0.2) is 0 Å². The average Bonchev–Trinajstić information content (AvgIpc) is 3.99. The second-order valence-electron chi connectivity index (χ2n) is 14.7. The van der Waals surface area contributed by atoms with E-state index < -0.39 is 84.1 Å². The van der Waals surface area contributed by atoms with Gasteiger partial charge in [0.25, 0.3) is 0 Å². The zero-order valence-electron chi connectivity index (χ0n) is 45.2. The van der Waals surface area contributed by atoms with Crippen LogP contribution in [0.4, 0.5) is 17.1 Å². The lowest BCUT2D eigenvalue weighted by molar-refractivity contribution is 0.674. The molecule has 0 amide bonds. The first-order chi connectivity index (χ1) is 35.7. The molecule has 0 spiro atoms. The lowest BCUT2D eigenvalue weighted by Crippen LogP contribution is -2.11. The van der Waals surface area contributed by atoms with Crippen molar-refractivity contribution in [2.45, 2.75) is 0 Å². The molecule has 10 aromatic carbocycles. The molecule has 0 saturated heterocycles. The van der Waals surface area contributed by atoms with Crippen molar-refractivity contribution in [2.24, 2.45) is 0 Å². The Hall–Kier alpha value is -8.14. The summed E-state index contributed by atoms with van der Waals surface area (Å²) in [4.78, 5) is 1.67. The maximum atomic E-state index is 9.81. The molecular weight excluding hydrogens is 741 g/mol. The number of benzene rings is 10. The van der Waals surface area contributed by atoms with Crippen LogP contribution < -0.4 is 4.90 Å². The number of anilines is 3. The van der Waals surface area contributed by atoms with Crippen LogP contribution in [0.15, 0.2) is 235 Å². The molecule has 0 aliphatic heterocycles. The molecule has 12 aromatic rings. The first kappa shape index (κ1) is 24.1. The monoisotopic (exact) mass is 791 g/mol. The number of hydrogen-bond acceptors (Lipinski definition) is 2. The topological polar surface area (TPSA) is 21.3 Å². The second-order valence-corrected chi connectivity index (χ2v) is 14.7. The van der Waals surface area contributed by atoms with Crippen LogP contribution in [0, 0.1) is 0 Å². The third kappa shape index (κ3) is 5.82. The smallest absolute Gasteiger partial charge is 0.143 e. The molecule has 3 heteroatoms. The lowest BCUT2D eigenvalue weighted by atomic mass is 9.99. The maximum Gasteiger partial charge on any atom is 0.143 e. The van der Waals surface area contributed by atoms with Gasteiger partial charge < -0.3 is 13.9 Å². The fourth-order valence-electron chi connectivity index (χ4n) is 8.40. The van der Waals surface area contributed by atoms with Gasteiger partial charge >= 0.3 is 0 Å². The zero-order valence-corrected chi connectivity index (χ0v) is 32.2. The Morgan fingerprint density at radius 3 is 1.87 bits per heavy atom. The van der Waals surface area contributed by atoms with Gasteiger partial charge in [-0.25, -0.2) is 0 Å². The van der Waals surface area contributed by atoms with E-state index in [1.165, 1.54) is 0 Å². The van der Waals surface area contributed by atoms with Gasteiger partial charge in [0.1, 0.15) is 11.2 Å². The molecule has 2 aromatic heterocycles. The highest BCUT2D eigenvalue weighted by Gasteiger charge is 2.19. The highest BCUT2D eigenvalue weighted by atomic mass is 16.3. The number of rotatable bonds is 7. The Morgan fingerprint density at radius 1 is 0.393 bits per heavy atom. The molecule has 0 N–H and O–H groups in total. The van der Waals surface area contributed by atoms with Gasteiger partial charge in [-0.3, -0.25) is 0 Å². The molecule has 0 aliphatic rings. The Morgan fingerprint density at radius 2 is 1.07 bits per heavy atom. The minimum absolute atomic E-state index is 0.127. The van der Waals surface area contributed by atoms with Crippen molar-refractivity contribution in [1.82, 2.24) is 4.57 Å². The molecule has 0 bridgehead atoms. The van der Waals surface area contributed by atoms with Crippen LogP contribution in [-0.2, 0) is 0 Å². The minimum atomic E-state index is -0.684. The first-order valence-corrected chi connectivity index (χ1v) is 19.8. The van der Waals surface area contributed by atoms with E-state index in [0.717, 1.165) is 49.7 Å². The van der Waals surface area contributed by atoms with Gasteiger partial charge in [-0.05, 0) is 88.2 Å². The highest BCUT2D eigenvalue weighted by molar-refractivity contribution is 6.17. The molecule has 0 unspecified atom stereocenters. The zero-order chi connectivity index (χ0) is 51.6. The summed E-state index contributed by atoms with van der Waals surface area (Å²) in [6.45, 7) is 0. The van der Waals surface area contributed by atoms with Crippen molar-refractivity contribution in [2.75, 3.05) is 4.90 Å². The fourth-order valence-corrected chi connectivity index (χ4v) is 8.40. The van der Waals surface area contributed by atoms with Crippen molar-refractivity contribution in [3.05, 3.63) is 230 Å². The summed E-state index contributed by atoms with van der Waals surface area (Å²) < 4.78 is 127. The summed E-state index contributed by atoms with van der Waals surface area (Å²) in [6.07, 6.45) is 0. The molecule has 0 atom stereocenters. The number of hydrogen-bond donors (Lipinski definition) is 0. The van der Waals surface area contributed by atoms with Gasteiger partial charge in [0.05, 0.1) is 34.5 Å². The molecule has 0 fully saturated rings. The number of para-hydroxylation sites is 4. The van der Waals surface area contributed by atoms with E-state index in [-0.39, 0.29) is 44.0 Å². The minimum Gasteiger partial charge on any atom is -0.455 e. The van der Waals surface area contributed by atoms with E-state index in [2.05, 4.69) is 41.0 Å². The third-order valence-corrected chi connectivity index (χ3v) is 11.2. The van der Waals surface area contributed by atoms with E-state index in [1.807, 2.05) is 115 Å². The van der Waals surface area contributed by atoms with Gasteiger partial charge in [0, 0.05) is 55.1 Å². The lowest BCUT2D eigenvalue weighted by Gasteiger charge is -2.28. The van der Waals surface area contributed by atoms with Crippen LogP contribution in [-0.4, -0.2) is 4.57 Å². The van der Waals surface area contributed by atoms with Crippen molar-refractivity contribution in [3.8, 4) is 39.1 Å². The molecule has 2 heterocycles. The van der Waals surface area contributed by atoms with Gasteiger partial charge in [-0.2, -0.15) is 0 Å². The Balaban J connectivity index is 1.06. The molecule has 12 rings (SSSR count). The maximum absolute atomic E-state index is 9.81. The second kappa shape index (κ2) is 14.3. The summed E-state index contributed by atoms with van der Waals surface area (Å²) in [5.41, 5.74) is 5.91. The predicted octanol–water partition coefficient (Wildman–Crippen LogP) is 16.3. The quantitative estimate of drug-likeness (QED) is 0.160. The molecule has 61 heavy (non-hydrogen) atoms. The van der Waals surface area contributed by atoms with Crippen LogP contribution in [0.5, 0.6) is 0 Å². The van der Waals surface area contributed by atoms with Crippen LogP contribution in [0.2, 0.25) is 0 Å². The normalized spacial score (nSPS) is 14.6. The van der Waals surface area contributed by atoms with Crippen LogP contribution in [0.1, 0.15) is 17.8 Å². The number of fused-ring (bicyclic) bond motifs is 8. The van der Waals surface area contributed by atoms with Crippen molar-refractivity contribution >= 4 is 71.6 Å². The molecular formula is C58H38N2O. The van der Waals surface area contributed by atoms with Crippen molar-refractivity contribution in [3.63, 3.8) is 0 Å². The molecule has 286 valence electrons. The van der Waals surface area contributed by atoms with Crippen molar-refractivity contribution in [1.29, 1.82) is 0 Å². The summed E-state index contributed by atoms with van der Waals surface area (Å²) in [7, 11) is 0. The fraction of sp³-hybridized carbons (Fsp3) is 0. The summed E-state index contributed by atoms with van der Waals surface area (Å²) in [5, 5.41) is 1.26. The SMILES string of the molecule is [2H]c1c([2H])c(N(c2ccc(-c3cccc(-n4c5ccccc5c5ccccc54)c3)cc2)c2ccccc2-c2ccccc2)c([2H])c([2H])c1-c1c([2H])c([2H])c([2H])c2c1oc1c3c([2H])c([2H])c([2H])c([2H])c3c([2H])c([2H])c12. The third-order valence-electron chi connectivity index (χ3n) is 11.2. The Kier molecular flexibility index (Phi) is 5.64. The number of nitrogens with zero attached hydrogens (tertiary/aromatic N) is 2. The molecule has 0 radical (unpaired) electrons. The van der Waals surface area contributed by atoms with E-state index in [4.69, 9.17) is 15.4 Å². The van der Waals surface area contributed by atoms with Crippen LogP contribution in [0.25, 0.3) is 93.6 Å². The van der Waals surface area contributed by atoms with Gasteiger partial charge in [0.2, 0.25) is 0 Å². The Labute approximate surface area is 371 Å². The van der Waals surface area contributed by atoms with E-state index in [0.29, 0.717) is 11.4 Å². The van der Waals surface area contributed by atoms with Gasteiger partial charge in [-0.15, -0.1) is 0 Å². The number of furan rings is 1. The first-order valence-electron chi connectivity index (χ1n) is 26.3. The summed E-state index contributed by atoms with van der Waals surface area (Å²) >= 11 is 0. The summed E-state index contributed by atoms with van der Waals surface area (Å²) in [5.74, 6) is 0. The van der Waals surface area contributed by atoms with Gasteiger partial charge in [-0.1, -0.05) is 170 Å².